The van der Waals surface area contributed by atoms with Gasteiger partial charge in [0.2, 0.25) is 5.91 Å². The van der Waals surface area contributed by atoms with Crippen molar-refractivity contribution in [1.29, 1.82) is 0 Å². The molecule has 1 unspecified atom stereocenters. The van der Waals surface area contributed by atoms with Crippen molar-refractivity contribution in [1.82, 2.24) is 14.9 Å². The van der Waals surface area contributed by atoms with E-state index in [1.54, 1.807) is 6.20 Å². The largest absolute Gasteiger partial charge is 0.342 e. The van der Waals surface area contributed by atoms with Gasteiger partial charge in [0, 0.05) is 30.4 Å². The minimum absolute atomic E-state index is 0.00920. The number of benzene rings is 1. The molecular weight excluding hydrogens is 324 g/mol. The molecule has 0 bridgehead atoms. The van der Waals surface area contributed by atoms with Crippen molar-refractivity contribution in [2.24, 2.45) is 24.6 Å². The van der Waals surface area contributed by atoms with E-state index in [1.165, 1.54) is 0 Å². The van der Waals surface area contributed by atoms with Gasteiger partial charge < -0.3 is 15.6 Å². The number of imidazole rings is 1. The van der Waals surface area contributed by atoms with Crippen LogP contribution in [0.4, 0.5) is 0 Å². The molecule has 1 saturated carbocycles. The van der Waals surface area contributed by atoms with Crippen LogP contribution in [0.2, 0.25) is 5.02 Å². The SMILES string of the molecule is Cn1ccnc1C(NC(=O)[C@@H]1CCC[C@@H]1CN)c1ccc(Cl)cc1. The number of hydrogen-bond acceptors (Lipinski definition) is 3. The third-order valence-electron chi connectivity index (χ3n) is 4.91. The minimum Gasteiger partial charge on any atom is -0.342 e. The number of nitrogens with one attached hydrogen (secondary N) is 1. The predicted octanol–water partition coefficient (Wildman–Crippen LogP) is 2.65. The van der Waals surface area contributed by atoms with Gasteiger partial charge in [0.05, 0.1) is 0 Å². The molecule has 3 atom stereocenters. The number of amides is 1. The Morgan fingerprint density at radius 1 is 1.42 bits per heavy atom. The predicted molar refractivity (Wildman–Crippen MR) is 94.5 cm³/mol. The Balaban J connectivity index is 1.86. The van der Waals surface area contributed by atoms with Crippen LogP contribution in [0, 0.1) is 11.8 Å². The Labute approximate surface area is 147 Å². The second kappa shape index (κ2) is 7.36. The molecule has 1 aromatic heterocycles. The van der Waals surface area contributed by atoms with Gasteiger partial charge in [-0.2, -0.15) is 0 Å². The number of nitrogens with two attached hydrogens (primary N) is 1. The standard InChI is InChI=1S/C18H23ClN4O/c1-23-10-9-21-17(23)16(12-5-7-14(19)8-6-12)22-18(24)15-4-2-3-13(15)11-20/h5-10,13,15-16H,2-4,11,20H2,1H3,(H,22,24)/t13-,15-,16?/m1/s1. The number of rotatable bonds is 5. The van der Waals surface area contributed by atoms with Crippen molar-refractivity contribution in [2.45, 2.75) is 25.3 Å². The number of nitrogens with zero attached hydrogens (tertiary/aromatic N) is 2. The van der Waals surface area contributed by atoms with Gasteiger partial charge in [0.15, 0.2) is 0 Å². The number of aryl methyl sites for hydroxylation is 1. The van der Waals surface area contributed by atoms with E-state index in [4.69, 9.17) is 17.3 Å². The number of halogens is 1. The molecule has 3 rings (SSSR count). The van der Waals surface area contributed by atoms with E-state index in [-0.39, 0.29) is 23.8 Å². The maximum absolute atomic E-state index is 12.8. The third kappa shape index (κ3) is 3.47. The molecule has 1 fully saturated rings. The average Bonchev–Trinajstić information content (AvgIpc) is 3.22. The van der Waals surface area contributed by atoms with E-state index in [1.807, 2.05) is 42.1 Å². The van der Waals surface area contributed by atoms with E-state index in [0.29, 0.717) is 11.6 Å². The van der Waals surface area contributed by atoms with Crippen LogP contribution in [-0.2, 0) is 11.8 Å². The zero-order valence-corrected chi connectivity index (χ0v) is 14.5. The van der Waals surface area contributed by atoms with Crippen molar-refractivity contribution in [2.75, 3.05) is 6.54 Å². The fraction of sp³-hybridized carbons (Fsp3) is 0.444. The fourth-order valence-electron chi connectivity index (χ4n) is 3.52. The lowest BCUT2D eigenvalue weighted by Gasteiger charge is -2.23. The molecule has 0 saturated heterocycles. The highest BCUT2D eigenvalue weighted by Crippen LogP contribution is 2.32. The number of hydrogen-bond donors (Lipinski definition) is 2. The monoisotopic (exact) mass is 346 g/mol. The molecule has 1 heterocycles. The molecule has 0 aliphatic heterocycles. The Kier molecular flexibility index (Phi) is 5.21. The normalized spacial score (nSPS) is 21.6. The number of carbonyl (C=O) groups excluding carboxylic acids is 1. The first-order valence-corrected chi connectivity index (χ1v) is 8.71. The van der Waals surface area contributed by atoms with Crippen LogP contribution >= 0.6 is 11.6 Å². The van der Waals surface area contributed by atoms with E-state index in [0.717, 1.165) is 30.7 Å². The lowest BCUT2D eigenvalue weighted by molar-refractivity contribution is -0.126. The summed E-state index contributed by atoms with van der Waals surface area (Å²) < 4.78 is 1.93. The van der Waals surface area contributed by atoms with Crippen LogP contribution in [0.3, 0.4) is 0 Å². The summed E-state index contributed by atoms with van der Waals surface area (Å²) >= 11 is 6.00. The van der Waals surface area contributed by atoms with Gasteiger partial charge in [-0.1, -0.05) is 30.2 Å². The fourth-order valence-corrected chi connectivity index (χ4v) is 3.65. The molecule has 1 aliphatic rings. The van der Waals surface area contributed by atoms with Crippen LogP contribution in [0.5, 0.6) is 0 Å². The van der Waals surface area contributed by atoms with E-state index >= 15 is 0 Å². The molecule has 6 heteroatoms. The zero-order chi connectivity index (χ0) is 17.1. The summed E-state index contributed by atoms with van der Waals surface area (Å²) in [5.41, 5.74) is 6.79. The van der Waals surface area contributed by atoms with Gasteiger partial charge in [-0.15, -0.1) is 0 Å². The van der Waals surface area contributed by atoms with Crippen molar-refractivity contribution < 1.29 is 4.79 Å². The van der Waals surface area contributed by atoms with Crippen molar-refractivity contribution in [3.8, 4) is 0 Å². The van der Waals surface area contributed by atoms with Crippen molar-refractivity contribution in [3.63, 3.8) is 0 Å². The molecule has 1 aromatic carbocycles. The van der Waals surface area contributed by atoms with Crippen LogP contribution in [0.15, 0.2) is 36.7 Å². The summed E-state index contributed by atoms with van der Waals surface area (Å²) in [6.45, 7) is 0.562. The van der Waals surface area contributed by atoms with Gasteiger partial charge >= 0.3 is 0 Å². The van der Waals surface area contributed by atoms with Gasteiger partial charge in [-0.3, -0.25) is 4.79 Å². The maximum Gasteiger partial charge on any atom is 0.224 e. The number of aromatic nitrogens is 2. The molecule has 128 valence electrons. The van der Waals surface area contributed by atoms with E-state index in [9.17, 15) is 4.79 Å². The van der Waals surface area contributed by atoms with Gasteiger partial charge in [0.1, 0.15) is 11.9 Å². The van der Waals surface area contributed by atoms with Crippen LogP contribution in [-0.4, -0.2) is 22.0 Å². The zero-order valence-electron chi connectivity index (χ0n) is 13.8. The molecule has 0 radical (unpaired) electrons. The first-order chi connectivity index (χ1) is 11.6. The molecular formula is C18H23ClN4O. The van der Waals surface area contributed by atoms with Gasteiger partial charge in [-0.25, -0.2) is 4.98 Å². The Morgan fingerprint density at radius 3 is 2.79 bits per heavy atom. The topological polar surface area (TPSA) is 72.9 Å². The summed E-state index contributed by atoms with van der Waals surface area (Å²) in [6, 6.07) is 7.22. The second-order valence-corrected chi connectivity index (χ2v) is 6.86. The smallest absolute Gasteiger partial charge is 0.224 e. The Bertz CT molecular complexity index is 697. The number of carbonyl (C=O) groups is 1. The van der Waals surface area contributed by atoms with Crippen molar-refractivity contribution >= 4 is 17.5 Å². The molecule has 1 amide bonds. The van der Waals surface area contributed by atoms with E-state index < -0.39 is 0 Å². The minimum atomic E-state index is -0.297. The second-order valence-electron chi connectivity index (χ2n) is 6.42. The highest BCUT2D eigenvalue weighted by Gasteiger charge is 2.33. The Hall–Kier alpha value is -1.85. The van der Waals surface area contributed by atoms with Gasteiger partial charge in [0.25, 0.3) is 0 Å². The van der Waals surface area contributed by atoms with Crippen LogP contribution in [0.25, 0.3) is 0 Å². The van der Waals surface area contributed by atoms with Crippen LogP contribution < -0.4 is 11.1 Å². The lowest BCUT2D eigenvalue weighted by Crippen LogP contribution is -2.38. The maximum atomic E-state index is 12.8. The first-order valence-electron chi connectivity index (χ1n) is 8.33. The molecule has 2 aromatic rings. The quantitative estimate of drug-likeness (QED) is 0.874. The molecule has 0 spiro atoms. The van der Waals surface area contributed by atoms with Crippen molar-refractivity contribution in [3.05, 3.63) is 53.1 Å². The first kappa shape index (κ1) is 17.0. The lowest BCUT2D eigenvalue weighted by atomic mass is 9.94. The average molecular weight is 347 g/mol. The molecule has 1 aliphatic carbocycles. The molecule has 5 nitrogen and oxygen atoms in total. The summed E-state index contributed by atoms with van der Waals surface area (Å²) in [5, 5.41) is 3.85. The van der Waals surface area contributed by atoms with E-state index in [2.05, 4.69) is 10.3 Å². The van der Waals surface area contributed by atoms with Gasteiger partial charge in [-0.05, 0) is 43.0 Å². The highest BCUT2D eigenvalue weighted by atomic mass is 35.5. The summed E-state index contributed by atoms with van der Waals surface area (Å²) in [7, 11) is 1.93. The molecule has 3 N–H and O–H groups in total. The summed E-state index contributed by atoms with van der Waals surface area (Å²) in [5.74, 6) is 1.13. The highest BCUT2D eigenvalue weighted by molar-refractivity contribution is 6.30. The Morgan fingerprint density at radius 2 is 2.17 bits per heavy atom. The summed E-state index contributed by atoms with van der Waals surface area (Å²) in [4.78, 5) is 17.3. The van der Waals surface area contributed by atoms with Crippen LogP contribution in [0.1, 0.15) is 36.7 Å². The molecule has 24 heavy (non-hydrogen) atoms. The summed E-state index contributed by atoms with van der Waals surface area (Å²) in [6.07, 6.45) is 6.61. The third-order valence-corrected chi connectivity index (χ3v) is 5.16.